The van der Waals surface area contributed by atoms with E-state index in [1.165, 1.54) is 36.8 Å². The molecule has 2 aliphatic rings. The molecule has 1 atom stereocenters. The number of anilines is 1. The van der Waals surface area contributed by atoms with Crippen molar-refractivity contribution in [1.29, 1.82) is 0 Å². The van der Waals surface area contributed by atoms with Crippen LogP contribution in [0.2, 0.25) is 5.02 Å². The van der Waals surface area contributed by atoms with Crippen LogP contribution in [0, 0.1) is 11.7 Å². The standard InChI is InChI=1S/C31H24ClF3N8O3/c1-15(21-6-5-19(33)12-37-21)43-29-20(13-40-43)26(27(28(36)44)22(41-29)8-16-2-3-16)17-4-7-23-24(9-17)46-31(34,35)30(45)42(23)14-25-38-10-18(32)11-39-25/h4-7,9-13,15-16H,2-3,8,14H2,1H3,(H2,36,44)/t15-/m1/s1. The fraction of sp³-hybridized carbons (Fsp3) is 0.258. The molecular weight excluding hydrogens is 625 g/mol. The molecule has 1 aliphatic heterocycles. The second kappa shape index (κ2) is 11.1. The summed E-state index contributed by atoms with van der Waals surface area (Å²) in [7, 11) is 0. The molecule has 1 saturated carbocycles. The first-order chi connectivity index (χ1) is 22.0. The van der Waals surface area contributed by atoms with Crippen molar-refractivity contribution in [2.75, 3.05) is 4.90 Å². The van der Waals surface area contributed by atoms with Gasteiger partial charge >= 0.3 is 12.0 Å². The number of carbonyl (C=O) groups excluding carboxylic acids is 2. The van der Waals surface area contributed by atoms with Gasteiger partial charge in [0.25, 0.3) is 5.91 Å². The monoisotopic (exact) mass is 648 g/mol. The third-order valence-electron chi connectivity index (χ3n) is 8.03. The van der Waals surface area contributed by atoms with Gasteiger partial charge in [-0.2, -0.15) is 13.9 Å². The number of rotatable bonds is 8. The number of nitrogens with two attached hydrogens (primary N) is 1. The number of amides is 2. The van der Waals surface area contributed by atoms with Crippen LogP contribution in [0.4, 0.5) is 18.9 Å². The minimum atomic E-state index is -4.20. The fourth-order valence-electron chi connectivity index (χ4n) is 5.60. The molecule has 0 spiro atoms. The molecule has 5 aromatic rings. The minimum absolute atomic E-state index is 0.0501. The van der Waals surface area contributed by atoms with Crippen molar-refractivity contribution in [1.82, 2.24) is 29.7 Å². The average Bonchev–Trinajstić information content (AvgIpc) is 3.74. The van der Waals surface area contributed by atoms with E-state index in [1.54, 1.807) is 16.8 Å². The largest absolute Gasteiger partial charge is 0.482 e. The van der Waals surface area contributed by atoms with Gasteiger partial charge in [0.1, 0.15) is 11.6 Å². The highest BCUT2D eigenvalue weighted by Gasteiger charge is 2.51. The molecule has 11 nitrogen and oxygen atoms in total. The zero-order valence-electron chi connectivity index (χ0n) is 24.1. The second-order valence-electron chi connectivity index (χ2n) is 11.2. The van der Waals surface area contributed by atoms with Gasteiger partial charge in [-0.15, -0.1) is 0 Å². The van der Waals surface area contributed by atoms with Crippen molar-refractivity contribution in [3.05, 3.63) is 88.7 Å². The Bertz CT molecular complexity index is 2020. The molecule has 4 aromatic heterocycles. The van der Waals surface area contributed by atoms with Gasteiger partial charge < -0.3 is 10.5 Å². The van der Waals surface area contributed by atoms with E-state index in [0.717, 1.165) is 23.9 Å². The summed E-state index contributed by atoms with van der Waals surface area (Å²) in [4.78, 5) is 43.7. The molecule has 7 rings (SSSR count). The maximum Gasteiger partial charge on any atom is 0.482 e. The Morgan fingerprint density at radius 2 is 1.89 bits per heavy atom. The first kappa shape index (κ1) is 29.6. The third kappa shape index (κ3) is 5.27. The number of ether oxygens (including phenoxy) is 1. The highest BCUT2D eigenvalue weighted by atomic mass is 35.5. The van der Waals surface area contributed by atoms with E-state index in [9.17, 15) is 22.8 Å². The van der Waals surface area contributed by atoms with Crippen LogP contribution >= 0.6 is 11.6 Å². The summed E-state index contributed by atoms with van der Waals surface area (Å²) in [5, 5.41) is 5.21. The molecule has 46 heavy (non-hydrogen) atoms. The number of hydrogen-bond acceptors (Lipinski definition) is 8. The van der Waals surface area contributed by atoms with E-state index in [-0.39, 0.29) is 34.4 Å². The lowest BCUT2D eigenvalue weighted by atomic mass is 9.93. The SMILES string of the molecule is C[C@H](c1ccc(F)cn1)n1ncc2c(-c3ccc4c(c3)OC(F)(F)C(=O)N4Cc3ncc(Cl)cn3)c(C(N)=O)c(CC3CC3)nc21. The van der Waals surface area contributed by atoms with Gasteiger partial charge in [-0.05, 0) is 61.9 Å². The van der Waals surface area contributed by atoms with Gasteiger partial charge in [0, 0.05) is 23.3 Å². The van der Waals surface area contributed by atoms with Crippen molar-refractivity contribution in [2.24, 2.45) is 11.7 Å². The minimum Gasteiger partial charge on any atom is -0.423 e. The lowest BCUT2D eigenvalue weighted by Gasteiger charge is -2.33. The number of carbonyl (C=O) groups is 2. The van der Waals surface area contributed by atoms with Gasteiger partial charge in [-0.25, -0.2) is 24.0 Å². The van der Waals surface area contributed by atoms with Crippen molar-refractivity contribution in [3.8, 4) is 16.9 Å². The number of nitrogens with zero attached hydrogens (tertiary/aromatic N) is 7. The summed E-state index contributed by atoms with van der Waals surface area (Å²) in [6, 6.07) is 6.71. The van der Waals surface area contributed by atoms with Crippen LogP contribution in [-0.4, -0.2) is 47.6 Å². The third-order valence-corrected chi connectivity index (χ3v) is 8.23. The summed E-state index contributed by atoms with van der Waals surface area (Å²) in [5.74, 6) is -2.74. The summed E-state index contributed by atoms with van der Waals surface area (Å²) < 4.78 is 50.1. The van der Waals surface area contributed by atoms with E-state index < -0.39 is 29.8 Å². The van der Waals surface area contributed by atoms with Crippen LogP contribution in [0.25, 0.3) is 22.2 Å². The molecule has 234 valence electrons. The number of alkyl halides is 2. The summed E-state index contributed by atoms with van der Waals surface area (Å²) in [6.07, 6.45) is 3.41. The number of aromatic nitrogens is 6. The van der Waals surface area contributed by atoms with Gasteiger partial charge in [0.15, 0.2) is 11.4 Å². The molecule has 2 N–H and O–H groups in total. The van der Waals surface area contributed by atoms with Crippen LogP contribution in [0.1, 0.15) is 53.4 Å². The predicted octanol–water partition coefficient (Wildman–Crippen LogP) is 5.25. The predicted molar refractivity (Wildman–Crippen MR) is 160 cm³/mol. The van der Waals surface area contributed by atoms with Crippen LogP contribution in [-0.2, 0) is 17.8 Å². The molecule has 0 unspecified atom stereocenters. The van der Waals surface area contributed by atoms with E-state index in [2.05, 4.69) is 20.1 Å². The molecule has 1 fully saturated rings. The molecular formula is C31H24ClF3N8O3. The Morgan fingerprint density at radius 1 is 1.13 bits per heavy atom. The zero-order valence-corrected chi connectivity index (χ0v) is 24.9. The number of primary amides is 1. The quantitative estimate of drug-likeness (QED) is 0.240. The number of hydrogen-bond donors (Lipinski definition) is 1. The summed E-state index contributed by atoms with van der Waals surface area (Å²) >= 11 is 5.85. The van der Waals surface area contributed by atoms with Gasteiger partial charge in [0.05, 0.1) is 52.6 Å². The Labute approximate surface area is 264 Å². The first-order valence-corrected chi connectivity index (χ1v) is 14.7. The molecule has 1 aliphatic carbocycles. The van der Waals surface area contributed by atoms with Crippen molar-refractivity contribution >= 4 is 40.1 Å². The first-order valence-electron chi connectivity index (χ1n) is 14.3. The Morgan fingerprint density at radius 3 is 2.57 bits per heavy atom. The maximum atomic E-state index is 15.0. The van der Waals surface area contributed by atoms with Crippen molar-refractivity contribution < 1.29 is 27.5 Å². The number of fused-ring (bicyclic) bond motifs is 2. The highest BCUT2D eigenvalue weighted by Crippen LogP contribution is 2.45. The van der Waals surface area contributed by atoms with E-state index in [0.29, 0.717) is 45.9 Å². The Balaban J connectivity index is 1.39. The van der Waals surface area contributed by atoms with Crippen molar-refractivity contribution in [2.45, 2.75) is 44.9 Å². The molecule has 0 saturated heterocycles. The normalized spacial score (nSPS) is 16.3. The average molecular weight is 649 g/mol. The molecule has 5 heterocycles. The van der Waals surface area contributed by atoms with Crippen molar-refractivity contribution in [3.63, 3.8) is 0 Å². The lowest BCUT2D eigenvalue weighted by molar-refractivity contribution is -0.193. The molecule has 0 bridgehead atoms. The van der Waals surface area contributed by atoms with Crippen LogP contribution in [0.5, 0.6) is 5.75 Å². The molecule has 2 amide bonds. The zero-order chi connectivity index (χ0) is 32.3. The molecule has 0 radical (unpaired) electrons. The van der Waals surface area contributed by atoms with E-state index >= 15 is 0 Å². The summed E-state index contributed by atoms with van der Waals surface area (Å²) in [5.41, 5.74) is 8.15. The van der Waals surface area contributed by atoms with E-state index in [4.69, 9.17) is 27.1 Å². The highest BCUT2D eigenvalue weighted by molar-refractivity contribution is 6.30. The Kier molecular flexibility index (Phi) is 7.11. The number of halogens is 4. The second-order valence-corrected chi connectivity index (χ2v) is 11.7. The Hall–Kier alpha value is -5.11. The van der Waals surface area contributed by atoms with Gasteiger partial charge in [0.2, 0.25) is 0 Å². The molecule has 15 heteroatoms. The fourth-order valence-corrected chi connectivity index (χ4v) is 5.70. The smallest absolute Gasteiger partial charge is 0.423 e. The van der Waals surface area contributed by atoms with E-state index in [1.807, 2.05) is 6.92 Å². The van der Waals surface area contributed by atoms with Crippen LogP contribution in [0.3, 0.4) is 0 Å². The van der Waals surface area contributed by atoms with Gasteiger partial charge in [-0.3, -0.25) is 19.5 Å². The topological polar surface area (TPSA) is 142 Å². The summed E-state index contributed by atoms with van der Waals surface area (Å²) in [6.45, 7) is 1.45. The number of benzene rings is 1. The number of pyridine rings is 2. The van der Waals surface area contributed by atoms with Crippen LogP contribution in [0.15, 0.2) is 55.1 Å². The maximum absolute atomic E-state index is 15.0. The van der Waals surface area contributed by atoms with Gasteiger partial charge in [-0.1, -0.05) is 17.7 Å². The molecule has 1 aromatic carbocycles. The van der Waals surface area contributed by atoms with Crippen LogP contribution < -0.4 is 15.4 Å². The lowest BCUT2D eigenvalue weighted by Crippen LogP contribution is -2.50.